The summed E-state index contributed by atoms with van der Waals surface area (Å²) in [4.78, 5) is 0. The first-order valence-corrected chi connectivity index (χ1v) is 9.31. The molecule has 0 spiro atoms. The third kappa shape index (κ3) is 4.12. The van der Waals surface area contributed by atoms with Gasteiger partial charge in [0.05, 0.1) is 12.2 Å². The Labute approximate surface area is 159 Å². The summed E-state index contributed by atoms with van der Waals surface area (Å²) in [6, 6.07) is 14.8. The molecule has 27 heavy (non-hydrogen) atoms. The lowest BCUT2D eigenvalue weighted by Crippen LogP contribution is -2.12. The van der Waals surface area contributed by atoms with Crippen LogP contribution in [0.5, 0.6) is 0 Å². The smallest absolute Gasteiger partial charge is 0.123 e. The first-order chi connectivity index (χ1) is 12.9. The van der Waals surface area contributed by atoms with Crippen molar-refractivity contribution >= 4 is 17.0 Å². The molecule has 0 radical (unpaired) electrons. The molecule has 4 heteroatoms. The number of halogens is 1. The van der Waals surface area contributed by atoms with Crippen molar-refractivity contribution in [3.63, 3.8) is 0 Å². The Hall–Kier alpha value is -2.43. The van der Waals surface area contributed by atoms with Crippen LogP contribution in [-0.2, 0) is 0 Å². The van der Waals surface area contributed by atoms with Crippen molar-refractivity contribution in [2.45, 2.75) is 45.4 Å². The van der Waals surface area contributed by atoms with E-state index in [1.54, 1.807) is 25.1 Å². The highest BCUT2D eigenvalue weighted by atomic mass is 19.1. The Balaban J connectivity index is 2.22. The van der Waals surface area contributed by atoms with Crippen LogP contribution in [0.15, 0.2) is 54.6 Å². The minimum Gasteiger partial charge on any atom is -0.393 e. The maximum Gasteiger partial charge on any atom is 0.123 e. The van der Waals surface area contributed by atoms with E-state index < -0.39 is 12.2 Å². The zero-order valence-corrected chi connectivity index (χ0v) is 15.9. The van der Waals surface area contributed by atoms with Gasteiger partial charge in [-0.1, -0.05) is 36.4 Å². The number of benzene rings is 2. The fourth-order valence-corrected chi connectivity index (χ4v) is 3.55. The summed E-state index contributed by atoms with van der Waals surface area (Å²) in [7, 11) is 0. The van der Waals surface area contributed by atoms with Crippen LogP contribution in [0.1, 0.15) is 38.9 Å². The van der Waals surface area contributed by atoms with E-state index in [9.17, 15) is 14.6 Å². The van der Waals surface area contributed by atoms with Gasteiger partial charge in [-0.15, -0.1) is 0 Å². The normalized spacial score (nSPS) is 14.3. The topological polar surface area (TPSA) is 45.4 Å². The molecule has 3 rings (SSSR count). The maximum absolute atomic E-state index is 13.4. The number of hydrogen-bond acceptors (Lipinski definition) is 2. The Morgan fingerprint density at radius 3 is 2.30 bits per heavy atom. The van der Waals surface area contributed by atoms with Crippen molar-refractivity contribution in [2.24, 2.45) is 0 Å². The summed E-state index contributed by atoms with van der Waals surface area (Å²) in [5.41, 5.74) is 4.00. The fourth-order valence-electron chi connectivity index (χ4n) is 3.55. The predicted molar refractivity (Wildman–Crippen MR) is 109 cm³/mol. The molecule has 0 saturated heterocycles. The van der Waals surface area contributed by atoms with Gasteiger partial charge in [0.15, 0.2) is 0 Å². The van der Waals surface area contributed by atoms with E-state index in [2.05, 4.69) is 30.5 Å². The monoisotopic (exact) mass is 367 g/mol. The first-order valence-electron chi connectivity index (χ1n) is 9.31. The lowest BCUT2D eigenvalue weighted by molar-refractivity contribution is 0.117. The summed E-state index contributed by atoms with van der Waals surface area (Å²) in [5.74, 6) is -0.268. The zero-order valence-electron chi connectivity index (χ0n) is 15.9. The molecular formula is C23H26FNO2. The Morgan fingerprint density at radius 2 is 1.67 bits per heavy atom. The summed E-state index contributed by atoms with van der Waals surface area (Å²) < 4.78 is 15.7. The first kappa shape index (κ1) is 19.3. The lowest BCUT2D eigenvalue weighted by atomic mass is 10.0. The minimum atomic E-state index is -0.732. The van der Waals surface area contributed by atoms with Crippen molar-refractivity contribution < 1.29 is 14.6 Å². The summed E-state index contributed by atoms with van der Waals surface area (Å²) in [6.07, 6.45) is 2.60. The quantitative estimate of drug-likeness (QED) is 0.631. The number of nitrogens with zero attached hydrogens (tertiary/aromatic N) is 1. The molecule has 3 nitrogen and oxygen atoms in total. The molecule has 2 unspecified atom stereocenters. The largest absolute Gasteiger partial charge is 0.393 e. The van der Waals surface area contributed by atoms with E-state index in [1.807, 2.05) is 18.2 Å². The van der Waals surface area contributed by atoms with Crippen LogP contribution in [0.4, 0.5) is 4.39 Å². The van der Waals surface area contributed by atoms with Crippen molar-refractivity contribution in [1.82, 2.24) is 4.57 Å². The van der Waals surface area contributed by atoms with Gasteiger partial charge in [0, 0.05) is 34.6 Å². The summed E-state index contributed by atoms with van der Waals surface area (Å²) in [6.45, 7) is 5.89. The average Bonchev–Trinajstić information content (AvgIpc) is 2.94. The molecule has 0 saturated carbocycles. The van der Waals surface area contributed by atoms with E-state index in [0.717, 1.165) is 27.7 Å². The molecule has 2 N–H and O–H groups in total. The molecule has 2 atom stereocenters. The van der Waals surface area contributed by atoms with Crippen LogP contribution >= 0.6 is 0 Å². The molecule has 0 aliphatic heterocycles. The molecule has 1 aromatic heterocycles. The summed E-state index contributed by atoms with van der Waals surface area (Å²) in [5, 5.41) is 20.8. The standard InChI is InChI=1S/C23H26FNO2/c1-15(2)25-21-7-5-4-6-20(21)23(17-8-10-18(24)11-9-17)22(25)13-12-19(27)14-16(3)26/h4-13,15-16,19,26-27H,14H2,1-3H3/b13-12+. The Bertz CT molecular complexity index is 939. The van der Waals surface area contributed by atoms with Crippen LogP contribution in [-0.4, -0.2) is 27.0 Å². The molecular weight excluding hydrogens is 341 g/mol. The van der Waals surface area contributed by atoms with Gasteiger partial charge < -0.3 is 14.8 Å². The SMILES string of the molecule is CC(O)CC(O)/C=C/c1c(-c2ccc(F)cc2)c2ccccc2n1C(C)C. The zero-order chi connectivity index (χ0) is 19.6. The highest BCUT2D eigenvalue weighted by Crippen LogP contribution is 2.37. The molecule has 142 valence electrons. The molecule has 3 aromatic rings. The van der Waals surface area contributed by atoms with E-state index in [-0.39, 0.29) is 18.3 Å². The van der Waals surface area contributed by atoms with Crippen molar-refractivity contribution in [3.8, 4) is 11.1 Å². The highest BCUT2D eigenvalue weighted by Gasteiger charge is 2.18. The fraction of sp³-hybridized carbons (Fsp3) is 0.304. The van der Waals surface area contributed by atoms with Crippen LogP contribution in [0.25, 0.3) is 28.1 Å². The number of aliphatic hydroxyl groups excluding tert-OH is 2. The van der Waals surface area contributed by atoms with Gasteiger partial charge in [0.1, 0.15) is 5.82 Å². The van der Waals surface area contributed by atoms with Gasteiger partial charge in [-0.05, 0) is 50.6 Å². The van der Waals surface area contributed by atoms with Crippen LogP contribution in [0.3, 0.4) is 0 Å². The highest BCUT2D eigenvalue weighted by molar-refractivity contribution is 6.01. The molecule has 0 aliphatic carbocycles. The number of rotatable bonds is 6. The number of hydrogen-bond donors (Lipinski definition) is 2. The van der Waals surface area contributed by atoms with Crippen molar-refractivity contribution in [2.75, 3.05) is 0 Å². The second kappa shape index (κ2) is 8.07. The molecule has 0 amide bonds. The average molecular weight is 367 g/mol. The van der Waals surface area contributed by atoms with Gasteiger partial charge in [0.25, 0.3) is 0 Å². The molecule has 0 fully saturated rings. The second-order valence-corrected chi connectivity index (χ2v) is 7.26. The number of aromatic nitrogens is 1. The number of fused-ring (bicyclic) bond motifs is 1. The van der Waals surface area contributed by atoms with Crippen molar-refractivity contribution in [3.05, 3.63) is 66.1 Å². The third-order valence-corrected chi connectivity index (χ3v) is 4.66. The maximum atomic E-state index is 13.4. The van der Waals surface area contributed by atoms with Crippen LogP contribution in [0.2, 0.25) is 0 Å². The molecule has 2 aromatic carbocycles. The number of para-hydroxylation sites is 1. The van der Waals surface area contributed by atoms with E-state index in [4.69, 9.17) is 0 Å². The van der Waals surface area contributed by atoms with E-state index >= 15 is 0 Å². The second-order valence-electron chi connectivity index (χ2n) is 7.26. The lowest BCUT2D eigenvalue weighted by Gasteiger charge is -2.14. The van der Waals surface area contributed by atoms with Gasteiger partial charge >= 0.3 is 0 Å². The minimum absolute atomic E-state index is 0.206. The predicted octanol–water partition coefficient (Wildman–Crippen LogP) is 5.17. The van der Waals surface area contributed by atoms with Gasteiger partial charge in [0.2, 0.25) is 0 Å². The van der Waals surface area contributed by atoms with E-state index in [1.165, 1.54) is 12.1 Å². The van der Waals surface area contributed by atoms with Gasteiger partial charge in [-0.25, -0.2) is 4.39 Å². The third-order valence-electron chi connectivity index (χ3n) is 4.66. The molecule has 1 heterocycles. The van der Waals surface area contributed by atoms with Gasteiger partial charge in [-0.2, -0.15) is 0 Å². The van der Waals surface area contributed by atoms with Gasteiger partial charge in [-0.3, -0.25) is 0 Å². The summed E-state index contributed by atoms with van der Waals surface area (Å²) >= 11 is 0. The van der Waals surface area contributed by atoms with E-state index in [0.29, 0.717) is 0 Å². The number of aliphatic hydroxyl groups is 2. The Kier molecular flexibility index (Phi) is 5.78. The Morgan fingerprint density at radius 1 is 1.00 bits per heavy atom. The molecule has 0 aliphatic rings. The van der Waals surface area contributed by atoms with Crippen LogP contribution in [0, 0.1) is 5.82 Å². The van der Waals surface area contributed by atoms with Crippen molar-refractivity contribution in [1.29, 1.82) is 0 Å². The van der Waals surface area contributed by atoms with Crippen LogP contribution < -0.4 is 0 Å². The molecule has 0 bridgehead atoms.